The zero-order valence-corrected chi connectivity index (χ0v) is 15.7. The molecule has 0 spiro atoms. The summed E-state index contributed by atoms with van der Waals surface area (Å²) in [6.07, 6.45) is 3.77. The first kappa shape index (κ1) is 17.4. The number of benzene rings is 2. The molecule has 0 bridgehead atoms. The SMILES string of the molecule is O=C(Cn1cnc2c(cnn2-c2ccccc2)c1=O)N1CCc2ccccc2C1. The Labute approximate surface area is 166 Å². The molecule has 7 nitrogen and oxygen atoms in total. The summed E-state index contributed by atoms with van der Waals surface area (Å²) >= 11 is 0. The highest BCUT2D eigenvalue weighted by Crippen LogP contribution is 2.19. The Morgan fingerprint density at radius 3 is 2.59 bits per heavy atom. The lowest BCUT2D eigenvalue weighted by Crippen LogP contribution is -2.39. The quantitative estimate of drug-likeness (QED) is 0.542. The number of para-hydroxylation sites is 1. The first-order chi connectivity index (χ1) is 14.2. The number of hydrogen-bond donors (Lipinski definition) is 0. The lowest BCUT2D eigenvalue weighted by atomic mass is 10.00. The average Bonchev–Trinajstić information content (AvgIpc) is 3.21. The van der Waals surface area contributed by atoms with Gasteiger partial charge in [-0.2, -0.15) is 5.10 Å². The van der Waals surface area contributed by atoms with Gasteiger partial charge in [-0.15, -0.1) is 0 Å². The summed E-state index contributed by atoms with van der Waals surface area (Å²) in [6, 6.07) is 17.7. The van der Waals surface area contributed by atoms with Crippen LogP contribution in [0.4, 0.5) is 0 Å². The van der Waals surface area contributed by atoms with E-state index in [-0.39, 0.29) is 18.0 Å². The van der Waals surface area contributed by atoms with Gasteiger partial charge in [-0.1, -0.05) is 42.5 Å². The number of nitrogens with zero attached hydrogens (tertiary/aromatic N) is 5. The maximum absolute atomic E-state index is 12.9. The molecule has 0 saturated heterocycles. The van der Waals surface area contributed by atoms with Crippen molar-refractivity contribution in [1.29, 1.82) is 0 Å². The summed E-state index contributed by atoms with van der Waals surface area (Å²) in [4.78, 5) is 31.9. The number of amides is 1. The molecule has 29 heavy (non-hydrogen) atoms. The van der Waals surface area contributed by atoms with E-state index in [1.807, 2.05) is 48.5 Å². The molecule has 1 amide bonds. The minimum Gasteiger partial charge on any atom is -0.336 e. The summed E-state index contributed by atoms with van der Waals surface area (Å²) in [5, 5.41) is 4.70. The summed E-state index contributed by atoms with van der Waals surface area (Å²) < 4.78 is 2.99. The highest BCUT2D eigenvalue weighted by Gasteiger charge is 2.21. The molecule has 0 aliphatic carbocycles. The second kappa shape index (κ2) is 7.01. The van der Waals surface area contributed by atoms with Gasteiger partial charge in [0.1, 0.15) is 18.3 Å². The third kappa shape index (κ3) is 3.10. The smallest absolute Gasteiger partial charge is 0.264 e. The molecule has 1 aliphatic rings. The second-order valence-electron chi connectivity index (χ2n) is 7.14. The van der Waals surface area contributed by atoms with Crippen LogP contribution >= 0.6 is 0 Å². The van der Waals surface area contributed by atoms with Crippen LogP contribution in [0.15, 0.2) is 71.9 Å². The first-order valence-electron chi connectivity index (χ1n) is 9.54. The van der Waals surface area contributed by atoms with Crippen LogP contribution in [0, 0.1) is 0 Å². The summed E-state index contributed by atoms with van der Waals surface area (Å²) in [7, 11) is 0. The fraction of sp³-hybridized carbons (Fsp3) is 0.182. The lowest BCUT2D eigenvalue weighted by Gasteiger charge is -2.29. The Balaban J connectivity index is 1.41. The van der Waals surface area contributed by atoms with E-state index in [4.69, 9.17) is 0 Å². The van der Waals surface area contributed by atoms with Crippen molar-refractivity contribution in [1.82, 2.24) is 24.2 Å². The van der Waals surface area contributed by atoms with Crippen molar-refractivity contribution in [2.75, 3.05) is 6.54 Å². The van der Waals surface area contributed by atoms with Crippen molar-refractivity contribution in [2.24, 2.45) is 0 Å². The Hall–Kier alpha value is -3.74. The monoisotopic (exact) mass is 385 g/mol. The molecule has 0 N–H and O–H groups in total. The number of aromatic nitrogens is 4. The normalized spacial score (nSPS) is 13.4. The minimum absolute atomic E-state index is 0.0273. The molecule has 4 aromatic rings. The number of carbonyl (C=O) groups excluding carboxylic acids is 1. The highest BCUT2D eigenvalue weighted by atomic mass is 16.2. The molecule has 0 atom stereocenters. The number of fused-ring (bicyclic) bond motifs is 2. The second-order valence-corrected chi connectivity index (χ2v) is 7.14. The lowest BCUT2D eigenvalue weighted by molar-refractivity contribution is -0.132. The van der Waals surface area contributed by atoms with Crippen LogP contribution in [0.25, 0.3) is 16.7 Å². The van der Waals surface area contributed by atoms with Crippen molar-refractivity contribution >= 4 is 16.9 Å². The Morgan fingerprint density at radius 1 is 1.00 bits per heavy atom. The summed E-state index contributed by atoms with van der Waals surface area (Å²) in [5.41, 5.74) is 3.50. The van der Waals surface area contributed by atoms with E-state index in [2.05, 4.69) is 16.1 Å². The minimum atomic E-state index is -0.261. The predicted molar refractivity (Wildman–Crippen MR) is 109 cm³/mol. The van der Waals surface area contributed by atoms with E-state index in [1.54, 1.807) is 9.58 Å². The summed E-state index contributed by atoms with van der Waals surface area (Å²) in [5.74, 6) is -0.0850. The van der Waals surface area contributed by atoms with Crippen molar-refractivity contribution < 1.29 is 4.79 Å². The van der Waals surface area contributed by atoms with E-state index >= 15 is 0 Å². The maximum Gasteiger partial charge on any atom is 0.264 e. The van der Waals surface area contributed by atoms with Gasteiger partial charge in [0.05, 0.1) is 11.9 Å². The standard InChI is InChI=1S/C22H19N5O2/c28-20(25-11-10-16-6-4-5-7-17(16)13-25)14-26-15-23-21-19(22(26)29)12-24-27(21)18-8-2-1-3-9-18/h1-9,12,15H,10-11,13-14H2. The molecule has 0 fully saturated rings. The van der Waals surface area contributed by atoms with Gasteiger partial charge in [0.2, 0.25) is 5.91 Å². The van der Waals surface area contributed by atoms with E-state index in [0.717, 1.165) is 17.7 Å². The molecule has 144 valence electrons. The van der Waals surface area contributed by atoms with Crippen LogP contribution in [0.1, 0.15) is 11.1 Å². The molecule has 5 rings (SSSR count). The van der Waals surface area contributed by atoms with Gasteiger partial charge in [-0.25, -0.2) is 9.67 Å². The molecule has 0 unspecified atom stereocenters. The fourth-order valence-electron chi connectivity index (χ4n) is 3.77. The molecule has 1 aliphatic heterocycles. The molecule has 0 radical (unpaired) electrons. The topological polar surface area (TPSA) is 73.0 Å². The molecular formula is C22H19N5O2. The van der Waals surface area contributed by atoms with Gasteiger partial charge in [-0.3, -0.25) is 14.2 Å². The molecule has 7 heteroatoms. The number of rotatable bonds is 3. The van der Waals surface area contributed by atoms with Crippen LogP contribution < -0.4 is 5.56 Å². The van der Waals surface area contributed by atoms with Crippen LogP contribution in [-0.2, 0) is 24.3 Å². The fourth-order valence-corrected chi connectivity index (χ4v) is 3.77. The van der Waals surface area contributed by atoms with Crippen molar-refractivity contribution in [3.8, 4) is 5.69 Å². The zero-order chi connectivity index (χ0) is 19.8. The van der Waals surface area contributed by atoms with Crippen molar-refractivity contribution in [3.05, 3.63) is 88.6 Å². The number of hydrogen-bond acceptors (Lipinski definition) is 4. The van der Waals surface area contributed by atoms with Gasteiger partial charge >= 0.3 is 0 Å². The predicted octanol–water partition coefficient (Wildman–Crippen LogP) is 2.17. The van der Waals surface area contributed by atoms with Gasteiger partial charge in [0, 0.05) is 13.1 Å². The molecule has 2 aromatic carbocycles. The molecule has 2 aromatic heterocycles. The van der Waals surface area contributed by atoms with Crippen LogP contribution in [0.5, 0.6) is 0 Å². The highest BCUT2D eigenvalue weighted by molar-refractivity contribution is 5.78. The van der Waals surface area contributed by atoms with Gasteiger partial charge in [0.25, 0.3) is 5.56 Å². The van der Waals surface area contributed by atoms with Crippen molar-refractivity contribution in [3.63, 3.8) is 0 Å². The Bertz CT molecular complexity index is 1260. The zero-order valence-electron chi connectivity index (χ0n) is 15.7. The van der Waals surface area contributed by atoms with E-state index < -0.39 is 0 Å². The molecule has 0 saturated carbocycles. The van der Waals surface area contributed by atoms with Crippen LogP contribution in [0.3, 0.4) is 0 Å². The van der Waals surface area contributed by atoms with E-state index in [9.17, 15) is 9.59 Å². The maximum atomic E-state index is 12.9. The Morgan fingerprint density at radius 2 is 1.76 bits per heavy atom. The third-order valence-electron chi connectivity index (χ3n) is 5.34. The van der Waals surface area contributed by atoms with Gasteiger partial charge < -0.3 is 4.90 Å². The van der Waals surface area contributed by atoms with Gasteiger partial charge in [-0.05, 0) is 29.7 Å². The molecule has 3 heterocycles. The largest absolute Gasteiger partial charge is 0.336 e. The number of carbonyl (C=O) groups is 1. The average molecular weight is 385 g/mol. The van der Waals surface area contributed by atoms with Crippen LogP contribution in [0.2, 0.25) is 0 Å². The molecular weight excluding hydrogens is 366 g/mol. The van der Waals surface area contributed by atoms with E-state index in [0.29, 0.717) is 24.1 Å². The first-order valence-corrected chi connectivity index (χ1v) is 9.54. The Kier molecular flexibility index (Phi) is 4.20. The van der Waals surface area contributed by atoms with E-state index in [1.165, 1.54) is 22.7 Å². The van der Waals surface area contributed by atoms with Crippen LogP contribution in [-0.4, -0.2) is 36.7 Å². The van der Waals surface area contributed by atoms with Crippen molar-refractivity contribution in [2.45, 2.75) is 19.5 Å². The third-order valence-corrected chi connectivity index (χ3v) is 5.34. The summed E-state index contributed by atoms with van der Waals surface area (Å²) in [6.45, 7) is 1.21. The van der Waals surface area contributed by atoms with Gasteiger partial charge in [0.15, 0.2) is 5.65 Å².